The maximum absolute atomic E-state index is 12.5. The summed E-state index contributed by atoms with van der Waals surface area (Å²) in [5, 5.41) is 4.30. The number of Topliss-reactive ketones (excluding diaryl/α,β-unsaturated/α-hetero) is 1. The van der Waals surface area contributed by atoms with Gasteiger partial charge in [0.25, 0.3) is 0 Å². The third-order valence-electron chi connectivity index (χ3n) is 5.18. The van der Waals surface area contributed by atoms with E-state index in [9.17, 15) is 4.79 Å². The molecule has 6 nitrogen and oxygen atoms in total. The highest BCUT2D eigenvalue weighted by molar-refractivity contribution is 5.87. The number of fused-ring (bicyclic) bond motifs is 1. The second kappa shape index (κ2) is 7.78. The van der Waals surface area contributed by atoms with Crippen LogP contribution in [0.2, 0.25) is 0 Å². The molecule has 2 aromatic heterocycles. The minimum atomic E-state index is 0.262. The molecule has 0 spiro atoms. The fourth-order valence-corrected chi connectivity index (χ4v) is 3.88. The molecular formula is C21H25N5O. The molecule has 4 rings (SSSR count). The number of benzene rings is 1. The molecule has 1 fully saturated rings. The predicted molar refractivity (Wildman–Crippen MR) is 108 cm³/mol. The van der Waals surface area contributed by atoms with Gasteiger partial charge >= 0.3 is 0 Å². The number of piperidine rings is 1. The third-order valence-corrected chi connectivity index (χ3v) is 5.18. The van der Waals surface area contributed by atoms with Crippen molar-refractivity contribution in [2.45, 2.75) is 26.2 Å². The van der Waals surface area contributed by atoms with Crippen LogP contribution in [0.3, 0.4) is 0 Å². The second-order valence-electron chi connectivity index (χ2n) is 7.36. The van der Waals surface area contributed by atoms with E-state index in [1.165, 1.54) is 5.56 Å². The van der Waals surface area contributed by atoms with Crippen molar-refractivity contribution in [3.63, 3.8) is 0 Å². The van der Waals surface area contributed by atoms with Gasteiger partial charge in [-0.25, -0.2) is 9.97 Å². The van der Waals surface area contributed by atoms with E-state index in [0.717, 1.165) is 48.5 Å². The van der Waals surface area contributed by atoms with Crippen molar-refractivity contribution in [1.82, 2.24) is 15.0 Å². The Kier molecular flexibility index (Phi) is 5.05. The van der Waals surface area contributed by atoms with E-state index in [-0.39, 0.29) is 5.78 Å². The number of nitrogens with zero attached hydrogens (tertiary/aromatic N) is 3. The number of aromatic amines is 1. The minimum absolute atomic E-state index is 0.262. The van der Waals surface area contributed by atoms with Crippen molar-refractivity contribution in [1.29, 1.82) is 0 Å². The van der Waals surface area contributed by atoms with Crippen LogP contribution >= 0.6 is 0 Å². The summed E-state index contributed by atoms with van der Waals surface area (Å²) >= 11 is 0. The van der Waals surface area contributed by atoms with Gasteiger partial charge in [-0.3, -0.25) is 4.79 Å². The second-order valence-corrected chi connectivity index (χ2v) is 7.36. The van der Waals surface area contributed by atoms with Gasteiger partial charge in [-0.15, -0.1) is 0 Å². The van der Waals surface area contributed by atoms with E-state index >= 15 is 0 Å². The van der Waals surface area contributed by atoms with Gasteiger partial charge in [0.15, 0.2) is 5.78 Å². The lowest BCUT2D eigenvalue weighted by atomic mass is 9.92. The molecule has 0 bridgehead atoms. The van der Waals surface area contributed by atoms with Gasteiger partial charge in [-0.05, 0) is 49.4 Å². The quantitative estimate of drug-likeness (QED) is 0.700. The molecule has 1 aliphatic rings. The van der Waals surface area contributed by atoms with Crippen LogP contribution in [0.5, 0.6) is 0 Å². The van der Waals surface area contributed by atoms with Crippen molar-refractivity contribution >= 4 is 28.3 Å². The van der Waals surface area contributed by atoms with Crippen LogP contribution in [0.15, 0.2) is 42.9 Å². The van der Waals surface area contributed by atoms with Crippen LogP contribution in [0, 0.1) is 12.8 Å². The average molecular weight is 363 g/mol. The van der Waals surface area contributed by atoms with Crippen LogP contribution in [-0.2, 0) is 4.79 Å². The van der Waals surface area contributed by atoms with E-state index in [4.69, 9.17) is 0 Å². The Bertz CT molecular complexity index is 935. The summed E-state index contributed by atoms with van der Waals surface area (Å²) in [7, 11) is 0. The summed E-state index contributed by atoms with van der Waals surface area (Å²) in [5.74, 6) is 1.60. The number of anilines is 2. The highest BCUT2D eigenvalue weighted by atomic mass is 16.1. The first-order chi connectivity index (χ1) is 13.2. The predicted octanol–water partition coefficient (Wildman–Crippen LogP) is 3.55. The number of H-pyrrole nitrogens is 1. The lowest BCUT2D eigenvalue weighted by Crippen LogP contribution is -2.37. The van der Waals surface area contributed by atoms with Crippen molar-refractivity contribution < 1.29 is 4.79 Å². The molecule has 1 atom stereocenters. The van der Waals surface area contributed by atoms with Gasteiger partial charge in [-0.1, -0.05) is 12.1 Å². The zero-order valence-corrected chi connectivity index (χ0v) is 15.6. The summed E-state index contributed by atoms with van der Waals surface area (Å²) < 4.78 is 0. The Morgan fingerprint density at radius 3 is 3.15 bits per heavy atom. The minimum Gasteiger partial charge on any atom is -0.378 e. The average Bonchev–Trinajstić information content (AvgIpc) is 3.15. The van der Waals surface area contributed by atoms with Crippen molar-refractivity contribution in [3.05, 3.63) is 48.4 Å². The number of ketones is 1. The molecule has 140 valence electrons. The Morgan fingerprint density at radius 1 is 1.33 bits per heavy atom. The molecule has 6 heteroatoms. The Labute approximate surface area is 159 Å². The van der Waals surface area contributed by atoms with Gasteiger partial charge < -0.3 is 15.2 Å². The number of nitrogens with one attached hydrogen (secondary N) is 2. The Hall–Kier alpha value is -2.89. The molecule has 1 saturated heterocycles. The molecule has 1 aromatic carbocycles. The Balaban J connectivity index is 1.35. The molecule has 0 aliphatic carbocycles. The summed E-state index contributed by atoms with van der Waals surface area (Å²) in [4.78, 5) is 26.7. The first kappa shape index (κ1) is 17.5. The molecule has 1 aliphatic heterocycles. The first-order valence-corrected chi connectivity index (χ1v) is 9.54. The molecular weight excluding hydrogens is 338 g/mol. The van der Waals surface area contributed by atoms with E-state index < -0.39 is 0 Å². The molecule has 27 heavy (non-hydrogen) atoms. The van der Waals surface area contributed by atoms with E-state index in [1.807, 2.05) is 24.4 Å². The molecule has 3 heterocycles. The number of aromatic nitrogens is 3. The molecule has 2 N–H and O–H groups in total. The molecule has 0 radical (unpaired) electrons. The molecule has 0 amide bonds. The normalized spacial score (nSPS) is 17.2. The van der Waals surface area contributed by atoms with Crippen LogP contribution in [0.4, 0.5) is 11.5 Å². The molecule has 0 unspecified atom stereocenters. The van der Waals surface area contributed by atoms with Crippen LogP contribution in [-0.4, -0.2) is 40.4 Å². The summed E-state index contributed by atoms with van der Waals surface area (Å²) in [5.41, 5.74) is 3.06. The number of carbonyl (C=O) groups is 1. The topological polar surface area (TPSA) is 73.9 Å². The van der Waals surface area contributed by atoms with Gasteiger partial charge in [0, 0.05) is 31.4 Å². The standard InChI is InChI=1S/C21H25N5O/c1-15-4-2-6-17(10-15)23-12-18(27)11-16-5-3-9-26(13-16)21-19-7-8-22-20(19)24-14-25-21/h2,4,6-8,10,14,16,23H,3,5,9,11-13H2,1H3,(H,22,24,25)/t16-/m0/s1. The number of hydrogen-bond acceptors (Lipinski definition) is 5. The number of hydrogen-bond donors (Lipinski definition) is 2. The van der Waals surface area contributed by atoms with Crippen LogP contribution in [0.1, 0.15) is 24.8 Å². The van der Waals surface area contributed by atoms with Crippen LogP contribution < -0.4 is 10.2 Å². The van der Waals surface area contributed by atoms with Crippen molar-refractivity contribution in [2.24, 2.45) is 5.92 Å². The maximum atomic E-state index is 12.5. The maximum Gasteiger partial charge on any atom is 0.152 e. The highest BCUT2D eigenvalue weighted by Gasteiger charge is 2.24. The fourth-order valence-electron chi connectivity index (χ4n) is 3.88. The lowest BCUT2D eigenvalue weighted by Gasteiger charge is -2.33. The van der Waals surface area contributed by atoms with E-state index in [1.54, 1.807) is 6.33 Å². The monoisotopic (exact) mass is 363 g/mol. The molecule has 3 aromatic rings. The van der Waals surface area contributed by atoms with Gasteiger partial charge in [-0.2, -0.15) is 0 Å². The zero-order valence-electron chi connectivity index (χ0n) is 15.6. The zero-order chi connectivity index (χ0) is 18.6. The van der Waals surface area contributed by atoms with E-state index in [0.29, 0.717) is 18.9 Å². The molecule has 0 saturated carbocycles. The van der Waals surface area contributed by atoms with Crippen LogP contribution in [0.25, 0.3) is 11.0 Å². The summed E-state index contributed by atoms with van der Waals surface area (Å²) in [6, 6.07) is 10.1. The fraction of sp³-hybridized carbons (Fsp3) is 0.381. The van der Waals surface area contributed by atoms with Gasteiger partial charge in [0.2, 0.25) is 0 Å². The van der Waals surface area contributed by atoms with E-state index in [2.05, 4.69) is 44.2 Å². The number of rotatable bonds is 6. The van der Waals surface area contributed by atoms with Crippen molar-refractivity contribution in [3.8, 4) is 0 Å². The van der Waals surface area contributed by atoms with Gasteiger partial charge in [0.1, 0.15) is 17.8 Å². The SMILES string of the molecule is Cc1cccc(NCC(=O)C[C@@H]2CCCN(c3ncnc4[nH]ccc34)C2)c1. The lowest BCUT2D eigenvalue weighted by molar-refractivity contribution is -0.118. The largest absolute Gasteiger partial charge is 0.378 e. The third kappa shape index (κ3) is 4.10. The number of aryl methyl sites for hydroxylation is 1. The number of carbonyl (C=O) groups excluding carboxylic acids is 1. The smallest absolute Gasteiger partial charge is 0.152 e. The highest BCUT2D eigenvalue weighted by Crippen LogP contribution is 2.28. The van der Waals surface area contributed by atoms with Crippen molar-refractivity contribution in [2.75, 3.05) is 29.9 Å². The Morgan fingerprint density at radius 2 is 2.26 bits per heavy atom. The summed E-state index contributed by atoms with van der Waals surface area (Å²) in [6.07, 6.45) is 6.28. The van der Waals surface area contributed by atoms with Gasteiger partial charge in [0.05, 0.1) is 11.9 Å². The summed E-state index contributed by atoms with van der Waals surface area (Å²) in [6.45, 7) is 4.28. The first-order valence-electron chi connectivity index (χ1n) is 9.54.